The average molecular weight is 233 g/mol. The van der Waals surface area contributed by atoms with Crippen molar-refractivity contribution in [1.82, 2.24) is 9.88 Å². The molecule has 3 heteroatoms. The second kappa shape index (κ2) is 6.01. The van der Waals surface area contributed by atoms with Gasteiger partial charge in [0.2, 0.25) is 0 Å². The smallest absolute Gasteiger partial charge is 0.125 e. The van der Waals surface area contributed by atoms with Gasteiger partial charge in [-0.15, -0.1) is 0 Å². The van der Waals surface area contributed by atoms with Crippen molar-refractivity contribution in [1.29, 1.82) is 0 Å². The molecule has 0 unspecified atom stereocenters. The summed E-state index contributed by atoms with van der Waals surface area (Å²) >= 11 is 0. The Bertz CT molecular complexity index is 345. The van der Waals surface area contributed by atoms with Crippen molar-refractivity contribution in [2.45, 2.75) is 32.2 Å². The Hall–Kier alpha value is -1.09. The predicted octanol–water partition coefficient (Wildman–Crippen LogP) is 2.75. The monoisotopic (exact) mass is 233 g/mol. The Balaban J connectivity index is 1.85. The van der Waals surface area contributed by atoms with Gasteiger partial charge in [0, 0.05) is 26.3 Å². The standard InChI is InChI=1S/C14H23N3/c1-15-14-9-13(7-8-16-14)11-17(2)10-12-5-3-4-6-12/h7-9,12H,3-6,10-11H2,1-2H3,(H,15,16). The number of hydrogen-bond acceptors (Lipinski definition) is 3. The zero-order chi connectivity index (χ0) is 12.1. The van der Waals surface area contributed by atoms with E-state index >= 15 is 0 Å². The molecule has 1 aliphatic carbocycles. The van der Waals surface area contributed by atoms with Crippen molar-refractivity contribution in [3.8, 4) is 0 Å². The molecule has 0 amide bonds. The van der Waals surface area contributed by atoms with Crippen LogP contribution in [0.15, 0.2) is 18.3 Å². The molecule has 0 bridgehead atoms. The lowest BCUT2D eigenvalue weighted by Gasteiger charge is -2.20. The zero-order valence-corrected chi connectivity index (χ0v) is 10.9. The van der Waals surface area contributed by atoms with Gasteiger partial charge in [-0.2, -0.15) is 0 Å². The number of anilines is 1. The van der Waals surface area contributed by atoms with Crippen LogP contribution in [-0.4, -0.2) is 30.5 Å². The molecule has 0 spiro atoms. The first kappa shape index (κ1) is 12.4. The van der Waals surface area contributed by atoms with Crippen molar-refractivity contribution in [3.05, 3.63) is 23.9 Å². The van der Waals surface area contributed by atoms with Gasteiger partial charge >= 0.3 is 0 Å². The van der Waals surface area contributed by atoms with Crippen molar-refractivity contribution in [2.24, 2.45) is 5.92 Å². The second-order valence-corrected chi connectivity index (χ2v) is 5.15. The van der Waals surface area contributed by atoms with Gasteiger partial charge in [-0.05, 0) is 43.5 Å². The van der Waals surface area contributed by atoms with Crippen LogP contribution < -0.4 is 5.32 Å². The molecule has 1 N–H and O–H groups in total. The molecule has 0 radical (unpaired) electrons. The average Bonchev–Trinajstić information content (AvgIpc) is 2.82. The quantitative estimate of drug-likeness (QED) is 0.847. The summed E-state index contributed by atoms with van der Waals surface area (Å²) in [6, 6.07) is 4.23. The van der Waals surface area contributed by atoms with Gasteiger partial charge < -0.3 is 10.2 Å². The molecule has 0 saturated heterocycles. The number of hydrogen-bond donors (Lipinski definition) is 1. The van der Waals surface area contributed by atoms with Gasteiger partial charge in [0.1, 0.15) is 5.82 Å². The van der Waals surface area contributed by atoms with Crippen LogP contribution in [0.25, 0.3) is 0 Å². The SMILES string of the molecule is CNc1cc(CN(C)CC2CCCC2)ccn1. The van der Waals surface area contributed by atoms with E-state index in [9.17, 15) is 0 Å². The lowest BCUT2D eigenvalue weighted by Crippen LogP contribution is -2.24. The third-order valence-electron chi connectivity index (χ3n) is 3.58. The summed E-state index contributed by atoms with van der Waals surface area (Å²) in [7, 11) is 4.13. The van der Waals surface area contributed by atoms with Crippen molar-refractivity contribution in [3.63, 3.8) is 0 Å². The van der Waals surface area contributed by atoms with Crippen molar-refractivity contribution < 1.29 is 0 Å². The summed E-state index contributed by atoms with van der Waals surface area (Å²) in [6.07, 6.45) is 7.57. The number of aromatic nitrogens is 1. The Labute approximate surface area is 104 Å². The molecule has 0 aromatic carbocycles. The normalized spacial score (nSPS) is 16.6. The van der Waals surface area contributed by atoms with E-state index in [0.29, 0.717) is 0 Å². The van der Waals surface area contributed by atoms with Crippen LogP contribution >= 0.6 is 0 Å². The molecule has 0 atom stereocenters. The van der Waals surface area contributed by atoms with E-state index in [0.717, 1.165) is 18.3 Å². The van der Waals surface area contributed by atoms with E-state index in [1.807, 2.05) is 13.2 Å². The highest BCUT2D eigenvalue weighted by Gasteiger charge is 2.16. The van der Waals surface area contributed by atoms with Gasteiger partial charge in [0.15, 0.2) is 0 Å². The maximum atomic E-state index is 4.24. The first-order chi connectivity index (χ1) is 8.28. The number of pyridine rings is 1. The predicted molar refractivity (Wildman–Crippen MR) is 72.1 cm³/mol. The summed E-state index contributed by atoms with van der Waals surface area (Å²) < 4.78 is 0. The molecule has 3 nitrogen and oxygen atoms in total. The minimum absolute atomic E-state index is 0.922. The third-order valence-corrected chi connectivity index (χ3v) is 3.58. The fourth-order valence-electron chi connectivity index (χ4n) is 2.72. The second-order valence-electron chi connectivity index (χ2n) is 5.15. The first-order valence-corrected chi connectivity index (χ1v) is 6.59. The highest BCUT2D eigenvalue weighted by molar-refractivity contribution is 5.36. The van der Waals surface area contributed by atoms with Crippen molar-refractivity contribution >= 4 is 5.82 Å². The Morgan fingerprint density at radius 2 is 2.18 bits per heavy atom. The van der Waals surface area contributed by atoms with Gasteiger partial charge in [-0.25, -0.2) is 4.98 Å². The minimum atomic E-state index is 0.922. The molecule has 1 aromatic heterocycles. The van der Waals surface area contributed by atoms with E-state index in [-0.39, 0.29) is 0 Å². The molecule has 1 aliphatic rings. The van der Waals surface area contributed by atoms with Gasteiger partial charge in [-0.3, -0.25) is 0 Å². The molecular weight excluding hydrogens is 210 g/mol. The number of rotatable bonds is 5. The Morgan fingerprint density at radius 1 is 1.41 bits per heavy atom. The largest absolute Gasteiger partial charge is 0.373 e. The molecule has 1 aromatic rings. The lowest BCUT2D eigenvalue weighted by molar-refractivity contribution is 0.271. The van der Waals surface area contributed by atoms with Crippen LogP contribution in [0.1, 0.15) is 31.2 Å². The summed E-state index contributed by atoms with van der Waals surface area (Å²) in [5.41, 5.74) is 1.34. The van der Waals surface area contributed by atoms with E-state index < -0.39 is 0 Å². The Morgan fingerprint density at radius 3 is 2.88 bits per heavy atom. The molecule has 1 saturated carbocycles. The highest BCUT2D eigenvalue weighted by atomic mass is 15.1. The number of nitrogens with one attached hydrogen (secondary N) is 1. The van der Waals surface area contributed by atoms with E-state index in [4.69, 9.17) is 0 Å². The van der Waals surface area contributed by atoms with Crippen LogP contribution in [0.5, 0.6) is 0 Å². The molecule has 1 fully saturated rings. The highest BCUT2D eigenvalue weighted by Crippen LogP contribution is 2.25. The maximum absolute atomic E-state index is 4.24. The van der Waals surface area contributed by atoms with Crippen LogP contribution in [0, 0.1) is 5.92 Å². The van der Waals surface area contributed by atoms with Crippen LogP contribution in [0.3, 0.4) is 0 Å². The van der Waals surface area contributed by atoms with E-state index in [1.165, 1.54) is 37.8 Å². The van der Waals surface area contributed by atoms with Crippen molar-refractivity contribution in [2.75, 3.05) is 26.0 Å². The van der Waals surface area contributed by atoms with Gasteiger partial charge in [-0.1, -0.05) is 12.8 Å². The summed E-state index contributed by atoms with van der Waals surface area (Å²) in [4.78, 5) is 6.67. The van der Waals surface area contributed by atoms with E-state index in [1.54, 1.807) is 0 Å². The number of nitrogens with zero attached hydrogens (tertiary/aromatic N) is 2. The molecule has 94 valence electrons. The first-order valence-electron chi connectivity index (χ1n) is 6.59. The summed E-state index contributed by atoms with van der Waals surface area (Å²) in [6.45, 7) is 2.25. The molecule has 0 aliphatic heterocycles. The van der Waals surface area contributed by atoms with Crippen LogP contribution in [0.4, 0.5) is 5.82 Å². The van der Waals surface area contributed by atoms with Gasteiger partial charge in [0.25, 0.3) is 0 Å². The molecule has 2 rings (SSSR count). The fourth-order valence-corrected chi connectivity index (χ4v) is 2.72. The zero-order valence-electron chi connectivity index (χ0n) is 10.9. The molecular formula is C14H23N3. The minimum Gasteiger partial charge on any atom is -0.373 e. The molecule has 1 heterocycles. The summed E-state index contributed by atoms with van der Waals surface area (Å²) in [5, 5.41) is 3.08. The summed E-state index contributed by atoms with van der Waals surface area (Å²) in [5.74, 6) is 1.88. The topological polar surface area (TPSA) is 28.2 Å². The van der Waals surface area contributed by atoms with Crippen LogP contribution in [0.2, 0.25) is 0 Å². The van der Waals surface area contributed by atoms with Gasteiger partial charge in [0.05, 0.1) is 0 Å². The van der Waals surface area contributed by atoms with E-state index in [2.05, 4.69) is 34.4 Å². The fraction of sp³-hybridized carbons (Fsp3) is 0.643. The third kappa shape index (κ3) is 3.70. The molecule has 17 heavy (non-hydrogen) atoms. The van der Waals surface area contributed by atoms with Crippen LogP contribution in [-0.2, 0) is 6.54 Å². The maximum Gasteiger partial charge on any atom is 0.125 e. The Kier molecular flexibility index (Phi) is 4.37. The lowest BCUT2D eigenvalue weighted by atomic mass is 10.1.